The maximum Gasteiger partial charge on any atom is 0.416 e. The number of alkyl halides is 3. The topological polar surface area (TPSA) is 132 Å². The summed E-state index contributed by atoms with van der Waals surface area (Å²) in [5.41, 5.74) is 3.84. The molecule has 0 saturated heterocycles. The van der Waals surface area contributed by atoms with E-state index in [2.05, 4.69) is 25.9 Å². The third kappa shape index (κ3) is 6.80. The maximum atomic E-state index is 15.0. The Balaban J connectivity index is 1.74. The van der Waals surface area contributed by atoms with Crippen LogP contribution in [0.15, 0.2) is 70.0 Å². The quantitative estimate of drug-likeness (QED) is 0.208. The number of nitrogens with zero attached hydrogens (tertiary/aromatic N) is 3. The van der Waals surface area contributed by atoms with Crippen molar-refractivity contribution in [1.29, 1.82) is 0 Å². The molecule has 4 aromatic rings. The van der Waals surface area contributed by atoms with Crippen molar-refractivity contribution in [1.82, 2.24) is 14.9 Å². The molecular weight excluding hydrogens is 623 g/mol. The minimum atomic E-state index is -4.57. The van der Waals surface area contributed by atoms with Crippen molar-refractivity contribution in [3.63, 3.8) is 0 Å². The Labute approximate surface area is 236 Å². The first-order valence-corrected chi connectivity index (χ1v) is 12.3. The Hall–Kier alpha value is -4.53. The molecule has 1 atom stereocenters. The molecule has 0 aliphatic rings. The Morgan fingerprint density at radius 3 is 2.41 bits per heavy atom. The number of hydrogen-bond donors (Lipinski definition) is 2. The van der Waals surface area contributed by atoms with Crippen LogP contribution in [-0.2, 0) is 12.7 Å². The molecule has 2 amide bonds. The number of pyridine rings is 1. The van der Waals surface area contributed by atoms with E-state index in [0.717, 1.165) is 41.3 Å². The van der Waals surface area contributed by atoms with Gasteiger partial charge in [0, 0.05) is 18.0 Å². The summed E-state index contributed by atoms with van der Waals surface area (Å²) in [5.74, 6) is -5.07. The molecule has 1 unspecified atom stereocenters. The van der Waals surface area contributed by atoms with Gasteiger partial charge >= 0.3 is 12.3 Å². The summed E-state index contributed by atoms with van der Waals surface area (Å²) in [4.78, 5) is 32.8. The summed E-state index contributed by atoms with van der Waals surface area (Å²) < 4.78 is 79.3. The minimum Gasteiger partial charge on any atom is -0.476 e. The van der Waals surface area contributed by atoms with Crippen LogP contribution >= 0.6 is 15.9 Å². The minimum absolute atomic E-state index is 0.0360. The van der Waals surface area contributed by atoms with Crippen LogP contribution in [-0.4, -0.2) is 38.5 Å². The Morgan fingerprint density at radius 2 is 1.83 bits per heavy atom. The maximum absolute atomic E-state index is 15.0. The van der Waals surface area contributed by atoms with Crippen molar-refractivity contribution >= 4 is 27.9 Å². The second kappa shape index (κ2) is 11.9. The number of ether oxygens (including phenoxy) is 1. The summed E-state index contributed by atoms with van der Waals surface area (Å²) in [6, 6.07) is 8.77. The van der Waals surface area contributed by atoms with E-state index >= 15 is 4.39 Å². The molecule has 15 heteroatoms. The van der Waals surface area contributed by atoms with E-state index in [0.29, 0.717) is 5.56 Å². The average molecular weight is 641 g/mol. The molecule has 0 radical (unpaired) electrons. The van der Waals surface area contributed by atoms with Gasteiger partial charge in [0.15, 0.2) is 22.3 Å². The van der Waals surface area contributed by atoms with Gasteiger partial charge in [-0.05, 0) is 51.8 Å². The van der Waals surface area contributed by atoms with Crippen LogP contribution in [0, 0.1) is 11.6 Å². The molecule has 41 heavy (non-hydrogen) atoms. The van der Waals surface area contributed by atoms with E-state index < -0.39 is 59.3 Å². The standard InChI is InChI=1S/C26H18BrF5N4O5/c27-22-21(14-3-5-15(6-4-14)26(30,31)32)35-24(41-22)18(12-36(25(38)39)11-13-2-1-9-34-10-13)40-17-8-7-16(28)19(20(17)29)23(33)37/h1-10,18H,11-12H2,(H2,33,37)(H,38,39). The van der Waals surface area contributed by atoms with Gasteiger partial charge in [0.2, 0.25) is 5.89 Å². The van der Waals surface area contributed by atoms with E-state index in [-0.39, 0.29) is 28.4 Å². The van der Waals surface area contributed by atoms with Gasteiger partial charge in [-0.2, -0.15) is 13.2 Å². The second-order valence-electron chi connectivity index (χ2n) is 8.48. The molecule has 214 valence electrons. The number of halogens is 6. The number of carbonyl (C=O) groups is 2. The van der Waals surface area contributed by atoms with Crippen LogP contribution in [0.2, 0.25) is 0 Å². The molecule has 0 aliphatic heterocycles. The zero-order chi connectivity index (χ0) is 29.9. The fourth-order valence-electron chi connectivity index (χ4n) is 3.74. The molecular formula is C26H18BrF5N4O5. The number of primary amides is 1. The average Bonchev–Trinajstić information content (AvgIpc) is 3.30. The summed E-state index contributed by atoms with van der Waals surface area (Å²) in [7, 11) is 0. The first-order valence-electron chi connectivity index (χ1n) is 11.5. The van der Waals surface area contributed by atoms with E-state index in [1.54, 1.807) is 12.1 Å². The Bertz CT molecular complexity index is 1570. The number of hydrogen-bond acceptors (Lipinski definition) is 6. The molecule has 9 nitrogen and oxygen atoms in total. The van der Waals surface area contributed by atoms with E-state index in [1.807, 2.05) is 0 Å². The lowest BCUT2D eigenvalue weighted by Gasteiger charge is -2.24. The summed E-state index contributed by atoms with van der Waals surface area (Å²) in [5, 5.41) is 9.85. The van der Waals surface area contributed by atoms with E-state index in [1.165, 1.54) is 12.4 Å². The normalized spacial score (nSPS) is 12.1. The monoisotopic (exact) mass is 640 g/mol. The second-order valence-corrected chi connectivity index (χ2v) is 9.20. The molecule has 0 spiro atoms. The van der Waals surface area contributed by atoms with Gasteiger partial charge < -0.3 is 20.0 Å². The van der Waals surface area contributed by atoms with E-state index in [4.69, 9.17) is 14.9 Å². The molecule has 0 aliphatic carbocycles. The fourth-order valence-corrected chi connectivity index (χ4v) is 4.23. The highest BCUT2D eigenvalue weighted by Gasteiger charge is 2.32. The molecule has 2 heterocycles. The number of rotatable bonds is 9. The lowest BCUT2D eigenvalue weighted by atomic mass is 10.1. The molecule has 3 N–H and O–H groups in total. The van der Waals surface area contributed by atoms with Gasteiger partial charge in [-0.15, -0.1) is 0 Å². The highest BCUT2D eigenvalue weighted by atomic mass is 79.9. The molecule has 2 aromatic heterocycles. The molecule has 4 rings (SSSR count). The molecule has 2 aromatic carbocycles. The first-order chi connectivity index (χ1) is 19.3. The summed E-state index contributed by atoms with van der Waals surface area (Å²) >= 11 is 3.14. The molecule has 0 fully saturated rings. The first kappa shape index (κ1) is 29.5. The smallest absolute Gasteiger partial charge is 0.416 e. The Kier molecular flexibility index (Phi) is 8.56. The lowest BCUT2D eigenvalue weighted by Crippen LogP contribution is -2.35. The number of carboxylic acid groups (broad SMARTS) is 1. The number of nitrogens with two attached hydrogens (primary N) is 1. The number of carbonyl (C=O) groups excluding carboxylic acids is 1. The fraction of sp³-hybridized carbons (Fsp3) is 0.154. The third-order valence-corrected chi connectivity index (χ3v) is 6.23. The van der Waals surface area contributed by atoms with Gasteiger partial charge in [-0.3, -0.25) is 14.7 Å². The SMILES string of the molecule is NC(=O)c1c(F)ccc(OC(CN(Cc2cccnc2)C(=O)O)c2nc(-c3ccc(C(F)(F)F)cc3)c(Br)o2)c1F. The van der Waals surface area contributed by atoms with Gasteiger partial charge in [0.05, 0.1) is 18.7 Å². The predicted molar refractivity (Wildman–Crippen MR) is 136 cm³/mol. The van der Waals surface area contributed by atoms with Crippen LogP contribution in [0.4, 0.5) is 26.7 Å². The van der Waals surface area contributed by atoms with Gasteiger partial charge in [0.1, 0.15) is 17.1 Å². The largest absolute Gasteiger partial charge is 0.476 e. The lowest BCUT2D eigenvalue weighted by molar-refractivity contribution is -0.137. The van der Waals surface area contributed by atoms with Crippen LogP contribution < -0.4 is 10.5 Å². The third-order valence-electron chi connectivity index (χ3n) is 5.69. The molecule has 0 saturated carbocycles. The van der Waals surface area contributed by atoms with Crippen molar-refractivity contribution in [2.45, 2.75) is 18.8 Å². The number of amides is 2. The van der Waals surface area contributed by atoms with Crippen LogP contribution in [0.5, 0.6) is 5.75 Å². The van der Waals surface area contributed by atoms with E-state index in [9.17, 15) is 32.3 Å². The van der Waals surface area contributed by atoms with Crippen molar-refractivity contribution < 1.29 is 45.8 Å². The highest BCUT2D eigenvalue weighted by Crippen LogP contribution is 2.36. The van der Waals surface area contributed by atoms with Gasteiger partial charge in [-0.1, -0.05) is 18.2 Å². The summed E-state index contributed by atoms with van der Waals surface area (Å²) in [6.07, 6.45) is -4.56. The molecule has 0 bridgehead atoms. The number of oxazole rings is 1. The number of aromatic nitrogens is 2. The zero-order valence-corrected chi connectivity index (χ0v) is 22.1. The van der Waals surface area contributed by atoms with Crippen LogP contribution in [0.1, 0.15) is 33.5 Å². The van der Waals surface area contributed by atoms with Gasteiger partial charge in [-0.25, -0.2) is 18.6 Å². The van der Waals surface area contributed by atoms with Crippen molar-refractivity contribution in [2.24, 2.45) is 5.73 Å². The van der Waals surface area contributed by atoms with Crippen molar-refractivity contribution in [2.75, 3.05) is 6.54 Å². The Morgan fingerprint density at radius 1 is 1.12 bits per heavy atom. The van der Waals surface area contributed by atoms with Gasteiger partial charge in [0.25, 0.3) is 5.91 Å². The van der Waals surface area contributed by atoms with Crippen LogP contribution in [0.3, 0.4) is 0 Å². The zero-order valence-electron chi connectivity index (χ0n) is 20.5. The number of benzene rings is 2. The highest BCUT2D eigenvalue weighted by molar-refractivity contribution is 9.10. The van der Waals surface area contributed by atoms with Crippen LogP contribution in [0.25, 0.3) is 11.3 Å². The predicted octanol–water partition coefficient (Wildman–Crippen LogP) is 6.20. The van der Waals surface area contributed by atoms with Crippen molar-refractivity contribution in [3.05, 3.63) is 99.8 Å². The van der Waals surface area contributed by atoms with Crippen molar-refractivity contribution in [3.8, 4) is 17.0 Å². The summed E-state index contributed by atoms with van der Waals surface area (Å²) in [6.45, 7) is -0.707.